The molecule has 0 aliphatic carbocycles. The van der Waals surface area contributed by atoms with Crippen molar-refractivity contribution < 1.29 is 13.2 Å². The van der Waals surface area contributed by atoms with Gasteiger partial charge in [-0.3, -0.25) is 4.79 Å². The van der Waals surface area contributed by atoms with Crippen molar-refractivity contribution in [2.75, 3.05) is 18.6 Å². The monoisotopic (exact) mass is 394 g/mol. The van der Waals surface area contributed by atoms with Gasteiger partial charge in [0.05, 0.1) is 28.3 Å². The second kappa shape index (κ2) is 7.02. The summed E-state index contributed by atoms with van der Waals surface area (Å²) in [5.41, 5.74) is 4.12. The first-order valence-electron chi connectivity index (χ1n) is 9.28. The first kappa shape index (κ1) is 18.6. The fourth-order valence-electron chi connectivity index (χ4n) is 3.66. The fraction of sp³-hybridized carbons (Fsp3) is 0.273. The number of aryl methyl sites for hydroxylation is 1. The molecule has 0 N–H and O–H groups in total. The molecule has 6 heteroatoms. The molecule has 5 nitrogen and oxygen atoms in total. The average Bonchev–Trinajstić information content (AvgIpc) is 3.06. The summed E-state index contributed by atoms with van der Waals surface area (Å²) in [4.78, 5) is 19.6. The topological polar surface area (TPSA) is 67.3 Å². The Bertz CT molecular complexity index is 1150. The van der Waals surface area contributed by atoms with E-state index in [4.69, 9.17) is 4.98 Å². The minimum Gasteiger partial charge on any atom is -0.338 e. The summed E-state index contributed by atoms with van der Waals surface area (Å²) in [6.45, 7) is 2.02. The van der Waals surface area contributed by atoms with Gasteiger partial charge in [0.1, 0.15) is 0 Å². The van der Waals surface area contributed by atoms with Gasteiger partial charge in [0.25, 0.3) is 5.91 Å². The number of para-hydroxylation sites is 1. The van der Waals surface area contributed by atoms with Crippen molar-refractivity contribution in [2.24, 2.45) is 0 Å². The van der Waals surface area contributed by atoms with E-state index < -0.39 is 9.84 Å². The second-order valence-corrected chi connectivity index (χ2v) is 9.64. The number of benzene rings is 2. The SMILES string of the molecule is Cc1ccc(-c2cc(C(=O)N(C)C3CCS(=O)(=O)C3)c3ccccc3n2)cc1. The van der Waals surface area contributed by atoms with E-state index >= 15 is 0 Å². The molecule has 0 radical (unpaired) electrons. The van der Waals surface area contributed by atoms with E-state index in [0.717, 1.165) is 27.7 Å². The van der Waals surface area contributed by atoms with Crippen LogP contribution in [0.25, 0.3) is 22.2 Å². The van der Waals surface area contributed by atoms with Crippen LogP contribution in [0, 0.1) is 6.92 Å². The number of hydrogen-bond donors (Lipinski definition) is 0. The molecule has 3 aromatic rings. The number of hydrogen-bond acceptors (Lipinski definition) is 4. The predicted octanol–water partition coefficient (Wildman–Crippen LogP) is 3.47. The van der Waals surface area contributed by atoms with Crippen LogP contribution in [0.5, 0.6) is 0 Å². The van der Waals surface area contributed by atoms with Gasteiger partial charge in [0.2, 0.25) is 0 Å². The zero-order valence-electron chi connectivity index (χ0n) is 15.9. The highest BCUT2D eigenvalue weighted by molar-refractivity contribution is 7.91. The molecule has 1 aromatic heterocycles. The minimum absolute atomic E-state index is 0.0308. The third-order valence-electron chi connectivity index (χ3n) is 5.37. The average molecular weight is 394 g/mol. The smallest absolute Gasteiger partial charge is 0.254 e. The number of amides is 1. The number of rotatable bonds is 3. The lowest BCUT2D eigenvalue weighted by Crippen LogP contribution is -2.38. The number of fused-ring (bicyclic) bond motifs is 1. The van der Waals surface area contributed by atoms with Crippen LogP contribution in [-0.4, -0.2) is 48.8 Å². The molecular formula is C22H22N2O3S. The third kappa shape index (κ3) is 3.52. The molecule has 4 rings (SSSR count). The van der Waals surface area contributed by atoms with Gasteiger partial charge >= 0.3 is 0 Å². The normalized spacial score (nSPS) is 18.3. The first-order chi connectivity index (χ1) is 13.3. The number of nitrogens with zero attached hydrogens (tertiary/aromatic N) is 2. The lowest BCUT2D eigenvalue weighted by molar-refractivity contribution is 0.0749. The van der Waals surface area contributed by atoms with Gasteiger partial charge in [0.15, 0.2) is 9.84 Å². The van der Waals surface area contributed by atoms with Crippen molar-refractivity contribution in [3.05, 3.63) is 65.7 Å². The molecule has 1 amide bonds. The maximum Gasteiger partial charge on any atom is 0.254 e. The Morgan fingerprint density at radius 3 is 2.50 bits per heavy atom. The zero-order valence-corrected chi connectivity index (χ0v) is 16.7. The van der Waals surface area contributed by atoms with Gasteiger partial charge in [-0.1, -0.05) is 48.0 Å². The summed E-state index contributed by atoms with van der Waals surface area (Å²) < 4.78 is 23.7. The van der Waals surface area contributed by atoms with Crippen LogP contribution in [0.4, 0.5) is 0 Å². The molecule has 1 saturated heterocycles. The summed E-state index contributed by atoms with van der Waals surface area (Å²) >= 11 is 0. The molecule has 1 atom stereocenters. The van der Waals surface area contributed by atoms with Crippen LogP contribution in [0.1, 0.15) is 22.3 Å². The van der Waals surface area contributed by atoms with E-state index in [-0.39, 0.29) is 23.5 Å². The van der Waals surface area contributed by atoms with Crippen LogP contribution in [-0.2, 0) is 9.84 Å². The number of sulfone groups is 1. The molecule has 1 aliphatic heterocycles. The minimum atomic E-state index is -3.06. The molecule has 28 heavy (non-hydrogen) atoms. The third-order valence-corrected chi connectivity index (χ3v) is 7.12. The van der Waals surface area contributed by atoms with Crippen molar-refractivity contribution >= 4 is 26.6 Å². The summed E-state index contributed by atoms with van der Waals surface area (Å²) in [7, 11) is -1.37. The van der Waals surface area contributed by atoms with E-state index in [1.54, 1.807) is 11.9 Å². The van der Waals surface area contributed by atoms with Crippen molar-refractivity contribution in [2.45, 2.75) is 19.4 Å². The first-order valence-corrected chi connectivity index (χ1v) is 11.1. The maximum atomic E-state index is 13.3. The number of pyridine rings is 1. The quantitative estimate of drug-likeness (QED) is 0.682. The highest BCUT2D eigenvalue weighted by Crippen LogP contribution is 2.27. The van der Waals surface area contributed by atoms with Crippen LogP contribution in [0.2, 0.25) is 0 Å². The second-order valence-electron chi connectivity index (χ2n) is 7.41. The predicted molar refractivity (Wildman–Crippen MR) is 111 cm³/mol. The van der Waals surface area contributed by atoms with Crippen LogP contribution >= 0.6 is 0 Å². The van der Waals surface area contributed by atoms with Crippen LogP contribution < -0.4 is 0 Å². The van der Waals surface area contributed by atoms with Gasteiger partial charge in [-0.05, 0) is 25.5 Å². The Morgan fingerprint density at radius 1 is 1.11 bits per heavy atom. The van der Waals surface area contributed by atoms with Crippen molar-refractivity contribution in [1.29, 1.82) is 0 Å². The molecular weight excluding hydrogens is 372 g/mol. The standard InChI is InChI=1S/C22H22N2O3S/c1-15-7-9-16(10-8-15)21-13-19(18-5-3-4-6-20(18)23-21)22(25)24(2)17-11-12-28(26,27)14-17/h3-10,13,17H,11-12,14H2,1-2H3. The van der Waals surface area contributed by atoms with Gasteiger partial charge in [-0.25, -0.2) is 13.4 Å². The van der Waals surface area contributed by atoms with Crippen LogP contribution in [0.3, 0.4) is 0 Å². The molecule has 0 saturated carbocycles. The summed E-state index contributed by atoms with van der Waals surface area (Å²) in [5, 5.41) is 0.774. The molecule has 144 valence electrons. The Kier molecular flexibility index (Phi) is 4.67. The Hall–Kier alpha value is -2.73. The van der Waals surface area contributed by atoms with Gasteiger partial charge in [-0.2, -0.15) is 0 Å². The maximum absolute atomic E-state index is 13.3. The van der Waals surface area contributed by atoms with E-state index in [9.17, 15) is 13.2 Å². The Balaban J connectivity index is 1.79. The fourth-order valence-corrected chi connectivity index (χ4v) is 5.44. The lowest BCUT2D eigenvalue weighted by Gasteiger charge is -2.24. The van der Waals surface area contributed by atoms with Crippen molar-refractivity contribution in [3.63, 3.8) is 0 Å². The van der Waals surface area contributed by atoms with Crippen molar-refractivity contribution in [3.8, 4) is 11.3 Å². The molecule has 2 aromatic carbocycles. The molecule has 0 bridgehead atoms. The number of carbonyl (C=O) groups excluding carboxylic acids is 1. The van der Waals surface area contributed by atoms with Gasteiger partial charge < -0.3 is 4.90 Å². The Morgan fingerprint density at radius 2 is 1.82 bits per heavy atom. The number of aromatic nitrogens is 1. The highest BCUT2D eigenvalue weighted by Gasteiger charge is 2.33. The summed E-state index contributed by atoms with van der Waals surface area (Å²) in [6.07, 6.45) is 0.485. The van der Waals surface area contributed by atoms with E-state index in [1.165, 1.54) is 0 Å². The zero-order chi connectivity index (χ0) is 19.9. The lowest BCUT2D eigenvalue weighted by atomic mass is 10.0. The molecule has 1 aliphatic rings. The van der Waals surface area contributed by atoms with E-state index in [2.05, 4.69) is 0 Å². The Labute approximate surface area is 164 Å². The molecule has 1 unspecified atom stereocenters. The van der Waals surface area contributed by atoms with E-state index in [0.29, 0.717) is 12.0 Å². The van der Waals surface area contributed by atoms with Gasteiger partial charge in [0, 0.05) is 24.0 Å². The highest BCUT2D eigenvalue weighted by atomic mass is 32.2. The summed E-state index contributed by atoms with van der Waals surface area (Å²) in [6, 6.07) is 17.1. The van der Waals surface area contributed by atoms with Crippen molar-refractivity contribution in [1.82, 2.24) is 9.88 Å². The number of carbonyl (C=O) groups is 1. The summed E-state index contributed by atoms with van der Waals surface area (Å²) in [5.74, 6) is -0.00146. The van der Waals surface area contributed by atoms with Gasteiger partial charge in [-0.15, -0.1) is 0 Å². The molecule has 2 heterocycles. The molecule has 1 fully saturated rings. The molecule has 0 spiro atoms. The largest absolute Gasteiger partial charge is 0.338 e. The van der Waals surface area contributed by atoms with Crippen LogP contribution in [0.15, 0.2) is 54.6 Å². The van der Waals surface area contributed by atoms with E-state index in [1.807, 2.05) is 61.5 Å².